The number of anilines is 1. The zero-order valence-electron chi connectivity index (χ0n) is 24.0. The number of nitrogens with zero attached hydrogens (tertiary/aromatic N) is 1. The first-order valence-electron chi connectivity index (χ1n) is 13.3. The van der Waals surface area contributed by atoms with Crippen molar-refractivity contribution in [2.24, 2.45) is 0 Å². The number of alkyl carbamates (subject to hydrolysis) is 1. The van der Waals surface area contributed by atoms with Crippen molar-refractivity contribution < 1.29 is 23.6 Å². The van der Waals surface area contributed by atoms with Crippen LogP contribution in [0.5, 0.6) is 0 Å². The first-order chi connectivity index (χ1) is 18.2. The van der Waals surface area contributed by atoms with Crippen LogP contribution in [0.3, 0.4) is 0 Å². The van der Waals surface area contributed by atoms with Crippen molar-refractivity contribution in [2.75, 3.05) is 30.0 Å². The van der Waals surface area contributed by atoms with E-state index in [0.29, 0.717) is 5.75 Å². The van der Waals surface area contributed by atoms with Crippen molar-refractivity contribution >= 4 is 42.6 Å². The van der Waals surface area contributed by atoms with Gasteiger partial charge in [0.1, 0.15) is 6.61 Å². The average molecular weight is 571 g/mol. The summed E-state index contributed by atoms with van der Waals surface area (Å²) >= 11 is 0. The number of nitrogens with one attached hydrogen (secondary N) is 1. The lowest BCUT2D eigenvalue weighted by Crippen LogP contribution is -2.46. The highest BCUT2D eigenvalue weighted by molar-refractivity contribution is 7.85. The maximum atomic E-state index is 13.9. The second-order valence-corrected chi connectivity index (χ2v) is 19.2. The monoisotopic (exact) mass is 570 g/mol. The summed E-state index contributed by atoms with van der Waals surface area (Å²) in [6.45, 7) is 10.4. The molecular formula is C30H42N2O5SSi. The molecule has 1 heterocycles. The minimum Gasteiger partial charge on any atom is -0.445 e. The van der Waals surface area contributed by atoms with Gasteiger partial charge in [0.05, 0.1) is 11.0 Å². The lowest BCUT2D eigenvalue weighted by Gasteiger charge is -2.30. The second-order valence-electron chi connectivity index (χ2n) is 12.0. The lowest BCUT2D eigenvalue weighted by molar-refractivity contribution is -0.122. The number of likely N-dealkylation sites (N-methyl/N-ethyl adjacent to an activating group) is 1. The topological polar surface area (TPSA) is 95.9 Å². The fourth-order valence-electron chi connectivity index (χ4n) is 4.69. The zero-order valence-corrected chi connectivity index (χ0v) is 25.8. The van der Waals surface area contributed by atoms with Crippen molar-refractivity contribution in [1.82, 2.24) is 5.32 Å². The van der Waals surface area contributed by atoms with Gasteiger partial charge in [-0.15, -0.1) is 0 Å². The molecule has 2 aromatic carbocycles. The van der Waals surface area contributed by atoms with E-state index in [0.717, 1.165) is 28.4 Å². The smallest absolute Gasteiger partial charge is 0.407 e. The summed E-state index contributed by atoms with van der Waals surface area (Å²) in [5.74, 6) is 0.571. The van der Waals surface area contributed by atoms with Gasteiger partial charge in [-0.05, 0) is 49.1 Å². The van der Waals surface area contributed by atoms with Gasteiger partial charge in [0, 0.05) is 49.7 Å². The maximum Gasteiger partial charge on any atom is 0.407 e. The molecule has 2 N–H and O–H groups in total. The minimum atomic E-state index is -1.43. The Bertz CT molecular complexity index is 1220. The average Bonchev–Trinajstić information content (AvgIpc) is 3.07. The summed E-state index contributed by atoms with van der Waals surface area (Å²) in [5.41, 5.74) is 1.10. The summed E-state index contributed by atoms with van der Waals surface area (Å²) < 4.78 is 18.9. The molecule has 0 aromatic heterocycles. The van der Waals surface area contributed by atoms with E-state index in [1.807, 2.05) is 54.6 Å². The highest BCUT2D eigenvalue weighted by atomic mass is 32.2. The van der Waals surface area contributed by atoms with Gasteiger partial charge < -0.3 is 20.1 Å². The fraction of sp³-hybridized carbons (Fsp3) is 0.467. The van der Waals surface area contributed by atoms with E-state index in [1.165, 1.54) is 0 Å². The van der Waals surface area contributed by atoms with E-state index in [2.05, 4.69) is 25.0 Å². The molecule has 0 unspecified atom stereocenters. The third-order valence-corrected chi connectivity index (χ3v) is 10.4. The SMILES string of the molecule is CN1C(=O)[C@@](CCNC(=O)OCc2ccccc2)(C[S@@](=O)CC[Si](C)(C)C)c2c(/C=C/C(C)(C)O)cccc21. The third kappa shape index (κ3) is 8.36. The number of carbonyl (C=O) groups excluding carboxylic acids is 2. The van der Waals surface area contributed by atoms with Crippen LogP contribution in [-0.4, -0.2) is 60.1 Å². The predicted octanol–water partition coefficient (Wildman–Crippen LogP) is 5.09. The second kappa shape index (κ2) is 12.6. The Morgan fingerprint density at radius 2 is 1.85 bits per heavy atom. The maximum absolute atomic E-state index is 13.9. The molecule has 7 nitrogen and oxygen atoms in total. The highest BCUT2D eigenvalue weighted by Gasteiger charge is 2.51. The Labute approximate surface area is 236 Å². The van der Waals surface area contributed by atoms with Gasteiger partial charge in [0.15, 0.2) is 0 Å². The summed E-state index contributed by atoms with van der Waals surface area (Å²) in [6.07, 6.45) is 3.22. The van der Waals surface area contributed by atoms with Crippen LogP contribution in [0.15, 0.2) is 54.6 Å². The number of aliphatic hydroxyl groups is 1. The van der Waals surface area contributed by atoms with Gasteiger partial charge in [0.25, 0.3) is 0 Å². The number of carbonyl (C=O) groups is 2. The van der Waals surface area contributed by atoms with Crippen LogP contribution >= 0.6 is 0 Å². The van der Waals surface area contributed by atoms with Crippen LogP contribution in [0.2, 0.25) is 25.7 Å². The van der Waals surface area contributed by atoms with Crippen molar-refractivity contribution in [3.63, 3.8) is 0 Å². The Morgan fingerprint density at radius 3 is 2.49 bits per heavy atom. The van der Waals surface area contributed by atoms with Gasteiger partial charge in [-0.2, -0.15) is 0 Å². The van der Waals surface area contributed by atoms with E-state index < -0.39 is 36.0 Å². The molecule has 3 rings (SSSR count). The van der Waals surface area contributed by atoms with E-state index in [4.69, 9.17) is 4.74 Å². The molecule has 0 saturated heterocycles. The van der Waals surface area contributed by atoms with Crippen LogP contribution in [0.1, 0.15) is 37.0 Å². The van der Waals surface area contributed by atoms with Crippen molar-refractivity contribution in [3.05, 3.63) is 71.3 Å². The molecular weight excluding hydrogens is 528 g/mol. The van der Waals surface area contributed by atoms with Crippen LogP contribution in [0.4, 0.5) is 10.5 Å². The molecule has 2 atom stereocenters. The van der Waals surface area contributed by atoms with E-state index in [-0.39, 0.29) is 31.2 Å². The lowest BCUT2D eigenvalue weighted by atomic mass is 9.77. The van der Waals surface area contributed by atoms with E-state index in [1.54, 1.807) is 31.9 Å². The van der Waals surface area contributed by atoms with Crippen LogP contribution in [0, 0.1) is 0 Å². The number of hydrogen-bond acceptors (Lipinski definition) is 5. The van der Waals surface area contributed by atoms with Crippen molar-refractivity contribution in [3.8, 4) is 0 Å². The molecule has 0 saturated carbocycles. The molecule has 0 bridgehead atoms. The highest BCUT2D eigenvalue weighted by Crippen LogP contribution is 2.46. The Morgan fingerprint density at radius 1 is 1.15 bits per heavy atom. The fourth-order valence-corrected chi connectivity index (χ4v) is 9.15. The number of ether oxygens (including phenoxy) is 1. The molecule has 212 valence electrons. The van der Waals surface area contributed by atoms with Gasteiger partial charge in [0.2, 0.25) is 5.91 Å². The number of hydrogen-bond donors (Lipinski definition) is 2. The number of rotatable bonds is 12. The van der Waals surface area contributed by atoms with Crippen molar-refractivity contribution in [1.29, 1.82) is 0 Å². The van der Waals surface area contributed by atoms with Crippen LogP contribution < -0.4 is 10.2 Å². The van der Waals surface area contributed by atoms with E-state index in [9.17, 15) is 18.9 Å². The number of benzene rings is 2. The van der Waals surface area contributed by atoms with Gasteiger partial charge in [-0.25, -0.2) is 4.79 Å². The summed E-state index contributed by atoms with van der Waals surface area (Å²) in [6, 6.07) is 16.0. The molecule has 0 fully saturated rings. The molecule has 2 aromatic rings. The molecule has 39 heavy (non-hydrogen) atoms. The standard InChI is InChI=1S/C30H42N2O5SSi/c1-29(2,35)16-15-24-13-10-14-25-26(24)30(27(33)32(25)3,22-38(36)19-20-39(4,5)6)17-18-31-28(34)37-21-23-11-8-7-9-12-23/h7-16,35H,17-22H2,1-6H3,(H,31,34)/b16-15+/t30-,38-/m0/s1. The van der Waals surface area contributed by atoms with Gasteiger partial charge >= 0.3 is 6.09 Å². The summed E-state index contributed by atoms with van der Waals surface area (Å²) in [5, 5.41) is 13.1. The molecule has 9 heteroatoms. The Balaban J connectivity index is 1.89. The minimum absolute atomic E-state index is 0.137. The molecule has 0 spiro atoms. The molecule has 2 amide bonds. The summed E-state index contributed by atoms with van der Waals surface area (Å²) in [4.78, 5) is 28.0. The van der Waals surface area contributed by atoms with Crippen LogP contribution in [-0.2, 0) is 32.4 Å². The first-order valence-corrected chi connectivity index (χ1v) is 18.5. The number of fused-ring (bicyclic) bond motifs is 1. The van der Waals surface area contributed by atoms with Gasteiger partial charge in [-0.3, -0.25) is 9.00 Å². The Hall–Kier alpha value is -2.75. The normalized spacial score (nSPS) is 18.3. The first kappa shape index (κ1) is 30.8. The largest absolute Gasteiger partial charge is 0.445 e. The van der Waals surface area contributed by atoms with Gasteiger partial charge in [-0.1, -0.05) is 74.3 Å². The molecule has 1 aliphatic heterocycles. The number of amides is 2. The predicted molar refractivity (Wildman–Crippen MR) is 162 cm³/mol. The quantitative estimate of drug-likeness (QED) is 0.347. The molecule has 1 aliphatic rings. The zero-order chi connectivity index (χ0) is 28.8. The van der Waals surface area contributed by atoms with Crippen molar-refractivity contribution in [2.45, 2.75) is 63.6 Å². The van der Waals surface area contributed by atoms with Crippen LogP contribution in [0.25, 0.3) is 6.08 Å². The third-order valence-electron chi connectivity index (χ3n) is 6.82. The molecule has 0 radical (unpaired) electrons. The van der Waals surface area contributed by atoms with E-state index >= 15 is 0 Å². The Kier molecular flexibility index (Phi) is 9.96. The summed E-state index contributed by atoms with van der Waals surface area (Å²) in [7, 11) is -0.931. The molecule has 0 aliphatic carbocycles.